The van der Waals surface area contributed by atoms with Crippen molar-refractivity contribution in [3.8, 4) is 0 Å². The first-order chi connectivity index (χ1) is 18.2. The van der Waals surface area contributed by atoms with Crippen molar-refractivity contribution in [2.45, 2.75) is 30.8 Å². The molecule has 0 saturated heterocycles. The third kappa shape index (κ3) is 5.34. The van der Waals surface area contributed by atoms with E-state index in [0.29, 0.717) is 18.2 Å². The molecule has 39 heavy (non-hydrogen) atoms. The van der Waals surface area contributed by atoms with Crippen LogP contribution >= 0.6 is 11.6 Å². The van der Waals surface area contributed by atoms with E-state index in [1.807, 2.05) is 0 Å². The number of amides is 2. The van der Waals surface area contributed by atoms with Gasteiger partial charge < -0.3 is 20.4 Å². The fourth-order valence-electron chi connectivity index (χ4n) is 4.47. The van der Waals surface area contributed by atoms with Gasteiger partial charge in [-0.25, -0.2) is 8.78 Å². The number of halogens is 6. The number of carbonyl (C=O) groups is 2. The van der Waals surface area contributed by atoms with Crippen LogP contribution in [0.4, 0.5) is 33.3 Å². The van der Waals surface area contributed by atoms with E-state index >= 15 is 4.39 Å². The number of nitrogens with one attached hydrogen (secondary N) is 1. The summed E-state index contributed by atoms with van der Waals surface area (Å²) in [5, 5.41) is 23.4. The zero-order chi connectivity index (χ0) is 28.8. The summed E-state index contributed by atoms with van der Waals surface area (Å²) in [5.41, 5.74) is -6.73. The molecule has 3 aromatic carbocycles. The second-order valence-electron chi connectivity index (χ2n) is 9.30. The maximum atomic E-state index is 15.5. The van der Waals surface area contributed by atoms with Gasteiger partial charge in [0.25, 0.3) is 11.8 Å². The fraction of sp³-hybridized carbons (Fsp3) is 0.259. The summed E-state index contributed by atoms with van der Waals surface area (Å²) in [4.78, 5) is 27.2. The number of nitrogens with zero attached hydrogens (tertiary/aromatic N) is 1. The molecule has 12 heteroatoms. The lowest BCUT2D eigenvalue weighted by Gasteiger charge is -2.37. The summed E-state index contributed by atoms with van der Waals surface area (Å²) >= 11 is 6.06. The van der Waals surface area contributed by atoms with Gasteiger partial charge in [0.1, 0.15) is 17.1 Å². The number of alkyl halides is 4. The lowest BCUT2D eigenvalue weighted by atomic mass is 9.79. The molecule has 206 valence electrons. The van der Waals surface area contributed by atoms with E-state index in [2.05, 4.69) is 5.32 Å². The minimum atomic E-state index is -4.89. The molecule has 2 atom stereocenters. The van der Waals surface area contributed by atoms with Crippen LogP contribution in [-0.4, -0.2) is 40.8 Å². The van der Waals surface area contributed by atoms with Crippen LogP contribution in [0.15, 0.2) is 60.7 Å². The lowest BCUT2D eigenvalue weighted by Crippen LogP contribution is -2.49. The molecule has 0 aliphatic carbocycles. The van der Waals surface area contributed by atoms with Crippen LogP contribution in [0.5, 0.6) is 0 Å². The number of hydrogen-bond donors (Lipinski definition) is 3. The van der Waals surface area contributed by atoms with Crippen LogP contribution in [0.3, 0.4) is 0 Å². The van der Waals surface area contributed by atoms with E-state index in [1.165, 1.54) is 47.4 Å². The van der Waals surface area contributed by atoms with Crippen molar-refractivity contribution < 1.29 is 41.8 Å². The Morgan fingerprint density at radius 2 is 1.74 bits per heavy atom. The van der Waals surface area contributed by atoms with Gasteiger partial charge in [-0.2, -0.15) is 13.2 Å². The normalized spacial score (nSPS) is 21.2. The third-order valence-electron chi connectivity index (χ3n) is 6.76. The van der Waals surface area contributed by atoms with Gasteiger partial charge in [0.15, 0.2) is 0 Å². The number of fused-ring (bicyclic) bond motifs is 1. The van der Waals surface area contributed by atoms with Gasteiger partial charge in [0.05, 0.1) is 23.4 Å². The Kier molecular flexibility index (Phi) is 7.46. The Labute approximate surface area is 224 Å². The van der Waals surface area contributed by atoms with Crippen molar-refractivity contribution in [2.75, 3.05) is 23.4 Å². The van der Waals surface area contributed by atoms with Gasteiger partial charge in [-0.15, -0.1) is 0 Å². The van der Waals surface area contributed by atoms with Crippen LogP contribution in [0.2, 0.25) is 5.02 Å². The highest BCUT2D eigenvalue weighted by Gasteiger charge is 2.52. The maximum Gasteiger partial charge on any atom is 0.417 e. The summed E-state index contributed by atoms with van der Waals surface area (Å²) in [6.07, 6.45) is -5.21. The Balaban J connectivity index is 1.62. The van der Waals surface area contributed by atoms with E-state index in [-0.39, 0.29) is 40.5 Å². The SMILES string of the molecule is CC1(F)CCN(C(=O)c2ccc(NC(=O)c3cc(F)ccc3C(F)(F)F)cc2)c2ccc(Cl)cc2[C@@]1(O)CO. The number of rotatable bonds is 4. The van der Waals surface area contributed by atoms with Gasteiger partial charge in [0, 0.05) is 34.8 Å². The Hall–Kier alpha value is -3.54. The van der Waals surface area contributed by atoms with Gasteiger partial charge in [-0.1, -0.05) is 11.6 Å². The van der Waals surface area contributed by atoms with Crippen LogP contribution in [0, 0.1) is 5.82 Å². The van der Waals surface area contributed by atoms with E-state index in [1.54, 1.807) is 0 Å². The van der Waals surface area contributed by atoms with Crippen LogP contribution in [0.25, 0.3) is 0 Å². The Morgan fingerprint density at radius 1 is 1.08 bits per heavy atom. The molecule has 4 rings (SSSR count). The monoisotopic (exact) mass is 568 g/mol. The largest absolute Gasteiger partial charge is 0.417 e. The quantitative estimate of drug-likeness (QED) is 0.352. The average Bonchev–Trinajstić information content (AvgIpc) is 2.96. The first kappa shape index (κ1) is 28.5. The van der Waals surface area contributed by atoms with Crippen molar-refractivity contribution >= 4 is 34.8 Å². The van der Waals surface area contributed by atoms with Crippen LogP contribution in [-0.2, 0) is 11.8 Å². The first-order valence-electron chi connectivity index (χ1n) is 11.6. The van der Waals surface area contributed by atoms with Crippen molar-refractivity contribution in [2.24, 2.45) is 0 Å². The molecule has 1 aliphatic heterocycles. The van der Waals surface area contributed by atoms with Gasteiger partial charge in [0.2, 0.25) is 0 Å². The molecule has 0 aromatic heterocycles. The molecule has 1 unspecified atom stereocenters. The molecule has 0 saturated carbocycles. The minimum absolute atomic E-state index is 0.0305. The molecule has 0 radical (unpaired) electrons. The molecule has 0 fully saturated rings. The van der Waals surface area contributed by atoms with Gasteiger partial charge in [-0.3, -0.25) is 9.59 Å². The molecule has 0 bridgehead atoms. The van der Waals surface area contributed by atoms with E-state index in [0.717, 1.165) is 6.92 Å². The highest BCUT2D eigenvalue weighted by Crippen LogP contribution is 2.46. The standard InChI is InChI=1S/C27H22ClF5N2O4/c1-25(30)10-11-35(22-9-4-16(28)12-21(22)26(25,39)14-36)24(38)15-2-6-18(7-3-15)34-23(37)19-13-17(29)5-8-20(19)27(31,32)33/h2-9,12-13,36,39H,10-11,14H2,1H3,(H,34,37)/t25?,26-/m0/s1. The van der Waals surface area contributed by atoms with E-state index < -0.39 is 52.8 Å². The average molecular weight is 569 g/mol. The number of aliphatic hydroxyl groups is 2. The number of benzene rings is 3. The third-order valence-corrected chi connectivity index (χ3v) is 6.99. The summed E-state index contributed by atoms with van der Waals surface area (Å²) < 4.78 is 68.9. The predicted octanol–water partition coefficient (Wildman–Crippen LogP) is 5.71. The van der Waals surface area contributed by atoms with Crippen molar-refractivity contribution in [1.82, 2.24) is 0 Å². The van der Waals surface area contributed by atoms with Crippen molar-refractivity contribution in [1.29, 1.82) is 0 Å². The highest BCUT2D eigenvalue weighted by atomic mass is 35.5. The zero-order valence-corrected chi connectivity index (χ0v) is 21.1. The molecule has 2 amide bonds. The molecular formula is C27H22ClF5N2O4. The maximum absolute atomic E-state index is 15.5. The molecule has 1 aliphatic rings. The number of aliphatic hydroxyl groups excluding tert-OH is 1. The van der Waals surface area contributed by atoms with Gasteiger partial charge >= 0.3 is 6.18 Å². The lowest BCUT2D eigenvalue weighted by molar-refractivity contribution is -0.137. The van der Waals surface area contributed by atoms with Crippen molar-refractivity contribution in [3.63, 3.8) is 0 Å². The smallest absolute Gasteiger partial charge is 0.393 e. The Morgan fingerprint density at radius 3 is 2.36 bits per heavy atom. The fourth-order valence-corrected chi connectivity index (χ4v) is 4.64. The first-order valence-corrected chi connectivity index (χ1v) is 12.0. The highest BCUT2D eigenvalue weighted by molar-refractivity contribution is 6.30. The molecule has 3 N–H and O–H groups in total. The molecule has 0 spiro atoms. The summed E-state index contributed by atoms with van der Waals surface area (Å²) in [7, 11) is 0. The van der Waals surface area contributed by atoms with E-state index in [4.69, 9.17) is 11.6 Å². The molecule has 3 aromatic rings. The van der Waals surface area contributed by atoms with Crippen LogP contribution < -0.4 is 10.2 Å². The number of hydrogen-bond acceptors (Lipinski definition) is 4. The summed E-state index contributed by atoms with van der Waals surface area (Å²) in [5.74, 6) is -2.84. The molecule has 1 heterocycles. The second-order valence-corrected chi connectivity index (χ2v) is 9.74. The van der Waals surface area contributed by atoms with E-state index in [9.17, 15) is 37.4 Å². The number of carbonyl (C=O) groups excluding carboxylic acids is 2. The van der Waals surface area contributed by atoms with Crippen LogP contribution in [0.1, 0.15) is 45.2 Å². The summed E-state index contributed by atoms with van der Waals surface area (Å²) in [6.45, 7) is -0.0195. The topological polar surface area (TPSA) is 89.9 Å². The molecular weight excluding hydrogens is 547 g/mol. The number of anilines is 2. The molecule has 6 nitrogen and oxygen atoms in total. The Bertz CT molecular complexity index is 1430. The van der Waals surface area contributed by atoms with Gasteiger partial charge in [-0.05, 0) is 67.6 Å². The zero-order valence-electron chi connectivity index (χ0n) is 20.3. The minimum Gasteiger partial charge on any atom is -0.393 e. The second kappa shape index (κ2) is 10.2. The van der Waals surface area contributed by atoms with Crippen molar-refractivity contribution in [3.05, 3.63) is 93.8 Å². The predicted molar refractivity (Wildman–Crippen MR) is 134 cm³/mol. The summed E-state index contributed by atoms with van der Waals surface area (Å²) in [6, 6.07) is 10.8.